The van der Waals surface area contributed by atoms with Crippen molar-refractivity contribution in [1.29, 1.82) is 0 Å². The van der Waals surface area contributed by atoms with Gasteiger partial charge in [0.05, 0.1) is 18.3 Å². The predicted octanol–water partition coefficient (Wildman–Crippen LogP) is 3.62. The Morgan fingerprint density at radius 3 is 2.75 bits per heavy atom. The van der Waals surface area contributed by atoms with E-state index in [0.29, 0.717) is 17.9 Å². The number of carbonyl (C=O) groups is 1. The van der Waals surface area contributed by atoms with Crippen molar-refractivity contribution in [2.75, 3.05) is 12.4 Å². The van der Waals surface area contributed by atoms with Crippen molar-refractivity contribution in [2.45, 2.75) is 27.2 Å². The second kappa shape index (κ2) is 5.49. The Balaban J connectivity index is 2.35. The number of nitrogens with one attached hydrogen (secondary N) is 1. The van der Waals surface area contributed by atoms with Gasteiger partial charge in [-0.25, -0.2) is 0 Å². The van der Waals surface area contributed by atoms with Crippen LogP contribution in [0.15, 0.2) is 30.5 Å². The number of anilines is 1. The van der Waals surface area contributed by atoms with Gasteiger partial charge in [0.1, 0.15) is 5.75 Å². The van der Waals surface area contributed by atoms with Crippen LogP contribution in [0.3, 0.4) is 0 Å². The summed E-state index contributed by atoms with van der Waals surface area (Å²) in [5.74, 6) is 0.689. The lowest BCUT2D eigenvalue weighted by Crippen LogP contribution is -2.19. The molecule has 0 spiro atoms. The molecule has 0 saturated carbocycles. The largest absolute Gasteiger partial charge is 0.497 e. The Kier molecular flexibility index (Phi) is 3.93. The number of hydrogen-bond acceptors (Lipinski definition) is 3. The summed E-state index contributed by atoms with van der Waals surface area (Å²) < 4.78 is 5.27. The Bertz CT molecular complexity index is 630. The quantitative estimate of drug-likeness (QED) is 0.928. The number of benzene rings is 1. The Morgan fingerprint density at radius 1 is 1.35 bits per heavy atom. The molecule has 0 unspecified atom stereocenters. The minimum atomic E-state index is -0.0494. The molecule has 1 heterocycles. The molecule has 20 heavy (non-hydrogen) atoms. The van der Waals surface area contributed by atoms with Crippen LogP contribution in [0.2, 0.25) is 0 Å². The van der Waals surface area contributed by atoms with Gasteiger partial charge in [-0.2, -0.15) is 0 Å². The zero-order valence-corrected chi connectivity index (χ0v) is 12.4. The molecule has 4 heteroatoms. The van der Waals surface area contributed by atoms with Gasteiger partial charge in [-0.3, -0.25) is 9.78 Å². The maximum atomic E-state index is 12.1. The third-order valence-electron chi connectivity index (χ3n) is 2.88. The number of rotatable bonds is 3. The van der Waals surface area contributed by atoms with Crippen molar-refractivity contribution in [3.05, 3.63) is 30.5 Å². The van der Waals surface area contributed by atoms with E-state index in [4.69, 9.17) is 4.74 Å². The first-order valence-electron chi connectivity index (χ1n) is 6.62. The van der Waals surface area contributed by atoms with Crippen LogP contribution in [0.4, 0.5) is 5.69 Å². The van der Waals surface area contributed by atoms with Crippen LogP contribution in [0, 0.1) is 5.41 Å². The number of ether oxygens (including phenoxy) is 1. The lowest BCUT2D eigenvalue weighted by Gasteiger charge is -2.18. The van der Waals surface area contributed by atoms with Crippen LogP contribution >= 0.6 is 0 Å². The summed E-state index contributed by atoms with van der Waals surface area (Å²) in [6.07, 6.45) is 2.17. The molecule has 0 aliphatic heterocycles. The minimum absolute atomic E-state index is 0.0160. The monoisotopic (exact) mass is 272 g/mol. The molecular weight excluding hydrogens is 252 g/mol. The molecule has 2 aromatic rings. The highest BCUT2D eigenvalue weighted by atomic mass is 16.5. The predicted molar refractivity (Wildman–Crippen MR) is 81.0 cm³/mol. The SMILES string of the molecule is COc1cc(NC(=O)CC(C)(C)C)c2ncccc2c1. The summed E-state index contributed by atoms with van der Waals surface area (Å²) in [5.41, 5.74) is 1.41. The van der Waals surface area contributed by atoms with Crippen LogP contribution in [0.1, 0.15) is 27.2 Å². The fourth-order valence-electron chi connectivity index (χ4n) is 2.05. The number of pyridine rings is 1. The number of nitrogens with zero attached hydrogens (tertiary/aromatic N) is 1. The molecule has 106 valence electrons. The molecule has 2 rings (SSSR count). The molecule has 1 aromatic carbocycles. The molecule has 4 nitrogen and oxygen atoms in total. The molecular formula is C16H20N2O2. The van der Waals surface area contributed by atoms with Gasteiger partial charge < -0.3 is 10.1 Å². The van der Waals surface area contributed by atoms with Gasteiger partial charge >= 0.3 is 0 Å². The van der Waals surface area contributed by atoms with Crippen molar-refractivity contribution < 1.29 is 9.53 Å². The maximum absolute atomic E-state index is 12.1. The van der Waals surface area contributed by atoms with Gasteiger partial charge in [0.2, 0.25) is 5.91 Å². The highest BCUT2D eigenvalue weighted by Gasteiger charge is 2.17. The van der Waals surface area contributed by atoms with Crippen molar-refractivity contribution in [2.24, 2.45) is 5.41 Å². The summed E-state index contributed by atoms with van der Waals surface area (Å²) >= 11 is 0. The van der Waals surface area contributed by atoms with Crippen LogP contribution in [-0.4, -0.2) is 18.0 Å². The van der Waals surface area contributed by atoms with E-state index >= 15 is 0 Å². The Morgan fingerprint density at radius 2 is 2.10 bits per heavy atom. The van der Waals surface area contributed by atoms with Crippen molar-refractivity contribution in [3.8, 4) is 5.75 Å². The smallest absolute Gasteiger partial charge is 0.224 e. The van der Waals surface area contributed by atoms with E-state index in [1.54, 1.807) is 19.4 Å². The van der Waals surface area contributed by atoms with Gasteiger partial charge in [0.15, 0.2) is 0 Å². The molecule has 0 radical (unpaired) electrons. The summed E-state index contributed by atoms with van der Waals surface area (Å²) in [7, 11) is 1.61. The normalized spacial score (nSPS) is 11.4. The maximum Gasteiger partial charge on any atom is 0.224 e. The number of hydrogen-bond donors (Lipinski definition) is 1. The summed E-state index contributed by atoms with van der Waals surface area (Å²) in [6.45, 7) is 6.11. The van der Waals surface area contributed by atoms with Crippen LogP contribution < -0.4 is 10.1 Å². The van der Waals surface area contributed by atoms with E-state index in [0.717, 1.165) is 10.9 Å². The molecule has 1 aromatic heterocycles. The van der Waals surface area contributed by atoms with Crippen molar-refractivity contribution in [1.82, 2.24) is 4.98 Å². The Labute approximate surface area is 119 Å². The Hall–Kier alpha value is -2.10. The average molecular weight is 272 g/mol. The topological polar surface area (TPSA) is 51.2 Å². The van der Waals surface area contributed by atoms with E-state index in [2.05, 4.69) is 10.3 Å². The van der Waals surface area contributed by atoms with Gasteiger partial charge in [-0.1, -0.05) is 26.8 Å². The number of carbonyl (C=O) groups excluding carboxylic acids is 1. The van der Waals surface area contributed by atoms with Crippen LogP contribution in [0.5, 0.6) is 5.75 Å². The zero-order valence-electron chi connectivity index (χ0n) is 12.4. The molecule has 1 amide bonds. The molecule has 0 aliphatic rings. The molecule has 0 aliphatic carbocycles. The van der Waals surface area contributed by atoms with Gasteiger partial charge in [0.25, 0.3) is 0 Å². The second-order valence-corrected chi connectivity index (χ2v) is 6.04. The number of methoxy groups -OCH3 is 1. The van der Waals surface area contributed by atoms with Crippen LogP contribution in [-0.2, 0) is 4.79 Å². The molecule has 0 atom stereocenters. The van der Waals surface area contributed by atoms with E-state index in [9.17, 15) is 4.79 Å². The third kappa shape index (κ3) is 3.47. The fourth-order valence-corrected chi connectivity index (χ4v) is 2.05. The summed E-state index contributed by atoms with van der Waals surface area (Å²) in [5, 5.41) is 3.88. The molecule has 0 bridgehead atoms. The van der Waals surface area contributed by atoms with Gasteiger partial charge in [-0.15, -0.1) is 0 Å². The third-order valence-corrected chi connectivity index (χ3v) is 2.88. The minimum Gasteiger partial charge on any atom is -0.497 e. The second-order valence-electron chi connectivity index (χ2n) is 6.04. The lowest BCUT2D eigenvalue weighted by atomic mass is 9.92. The van der Waals surface area contributed by atoms with E-state index in [-0.39, 0.29) is 11.3 Å². The first-order valence-corrected chi connectivity index (χ1v) is 6.62. The van der Waals surface area contributed by atoms with Crippen molar-refractivity contribution >= 4 is 22.5 Å². The number of amides is 1. The molecule has 0 fully saturated rings. The van der Waals surface area contributed by atoms with E-state index in [1.807, 2.05) is 39.0 Å². The van der Waals surface area contributed by atoms with Crippen LogP contribution in [0.25, 0.3) is 10.9 Å². The van der Waals surface area contributed by atoms with E-state index in [1.165, 1.54) is 0 Å². The highest BCUT2D eigenvalue weighted by Crippen LogP contribution is 2.28. The van der Waals surface area contributed by atoms with E-state index < -0.39 is 0 Å². The fraction of sp³-hybridized carbons (Fsp3) is 0.375. The van der Waals surface area contributed by atoms with Gasteiger partial charge in [0, 0.05) is 24.1 Å². The zero-order chi connectivity index (χ0) is 14.8. The lowest BCUT2D eigenvalue weighted by molar-refractivity contribution is -0.117. The van der Waals surface area contributed by atoms with Gasteiger partial charge in [-0.05, 0) is 17.5 Å². The number of fused-ring (bicyclic) bond motifs is 1. The first kappa shape index (κ1) is 14.3. The van der Waals surface area contributed by atoms with Crippen molar-refractivity contribution in [3.63, 3.8) is 0 Å². The highest BCUT2D eigenvalue weighted by molar-refractivity contribution is 6.01. The molecule has 1 N–H and O–H groups in total. The standard InChI is InChI=1S/C16H20N2O2/c1-16(2,3)10-14(19)18-13-9-12(20-4)8-11-6-5-7-17-15(11)13/h5-9H,10H2,1-4H3,(H,18,19). The summed E-state index contributed by atoms with van der Waals surface area (Å²) in [4.78, 5) is 16.4. The first-order chi connectivity index (χ1) is 9.39. The average Bonchev–Trinajstić information content (AvgIpc) is 2.36. The molecule has 0 saturated heterocycles. The summed E-state index contributed by atoms with van der Waals surface area (Å²) in [6, 6.07) is 7.52. The number of aromatic nitrogens is 1.